The van der Waals surface area contributed by atoms with Gasteiger partial charge in [0.15, 0.2) is 0 Å². The lowest BCUT2D eigenvalue weighted by molar-refractivity contribution is -0.116. The van der Waals surface area contributed by atoms with E-state index in [-0.39, 0.29) is 6.54 Å². The van der Waals surface area contributed by atoms with Crippen LogP contribution >= 0.6 is 22.9 Å². The SMILES string of the molecule is COc1ccc(NC(=O)Cn2c(=O)n(-c3ccc(C)c(C)c3)c(=O)c3sccc32)cc1Cl. The zero-order valence-electron chi connectivity index (χ0n) is 17.6. The molecule has 0 unspecified atom stereocenters. The molecule has 0 bridgehead atoms. The molecule has 0 aliphatic rings. The van der Waals surface area contributed by atoms with Crippen molar-refractivity contribution in [1.82, 2.24) is 9.13 Å². The highest BCUT2D eigenvalue weighted by atomic mass is 35.5. The molecule has 1 amide bonds. The molecule has 32 heavy (non-hydrogen) atoms. The van der Waals surface area contributed by atoms with Crippen molar-refractivity contribution in [1.29, 1.82) is 0 Å². The third-order valence-electron chi connectivity index (χ3n) is 5.24. The van der Waals surface area contributed by atoms with Crippen LogP contribution in [-0.2, 0) is 11.3 Å². The lowest BCUT2D eigenvalue weighted by atomic mass is 10.1. The summed E-state index contributed by atoms with van der Waals surface area (Å²) in [6, 6.07) is 11.9. The number of hydrogen-bond acceptors (Lipinski definition) is 5. The van der Waals surface area contributed by atoms with Gasteiger partial charge in [-0.25, -0.2) is 9.36 Å². The van der Waals surface area contributed by atoms with Crippen molar-refractivity contribution in [3.05, 3.63) is 84.8 Å². The van der Waals surface area contributed by atoms with Gasteiger partial charge < -0.3 is 10.1 Å². The number of fused-ring (bicyclic) bond motifs is 1. The molecule has 2 heterocycles. The Balaban J connectivity index is 1.75. The molecular formula is C23H20ClN3O4S. The Labute approximate surface area is 192 Å². The lowest BCUT2D eigenvalue weighted by Crippen LogP contribution is -2.40. The normalized spacial score (nSPS) is 11.0. The van der Waals surface area contributed by atoms with Crippen molar-refractivity contribution in [3.8, 4) is 11.4 Å². The highest BCUT2D eigenvalue weighted by molar-refractivity contribution is 7.17. The predicted octanol–water partition coefficient (Wildman–Crippen LogP) is 4.13. The van der Waals surface area contributed by atoms with Crippen LogP contribution in [0, 0.1) is 13.8 Å². The van der Waals surface area contributed by atoms with E-state index in [1.807, 2.05) is 19.9 Å². The van der Waals surface area contributed by atoms with E-state index < -0.39 is 17.2 Å². The molecule has 4 rings (SSSR count). The summed E-state index contributed by atoms with van der Waals surface area (Å²) in [5.74, 6) is 0.0625. The van der Waals surface area contributed by atoms with Gasteiger partial charge in [0, 0.05) is 5.69 Å². The Hall–Kier alpha value is -3.36. The molecule has 2 aromatic heterocycles. The Kier molecular flexibility index (Phi) is 5.90. The highest BCUT2D eigenvalue weighted by Gasteiger charge is 2.18. The number of benzene rings is 2. The lowest BCUT2D eigenvalue weighted by Gasteiger charge is -2.13. The van der Waals surface area contributed by atoms with Gasteiger partial charge in [0.2, 0.25) is 5.91 Å². The summed E-state index contributed by atoms with van der Waals surface area (Å²) < 4.78 is 7.94. The number of aryl methyl sites for hydroxylation is 2. The van der Waals surface area contributed by atoms with Crippen molar-refractivity contribution in [2.75, 3.05) is 12.4 Å². The summed E-state index contributed by atoms with van der Waals surface area (Å²) in [7, 11) is 1.50. The first-order chi connectivity index (χ1) is 15.3. The Morgan fingerprint density at radius 1 is 1.09 bits per heavy atom. The average Bonchev–Trinajstić information content (AvgIpc) is 3.24. The minimum absolute atomic E-state index is 0.263. The van der Waals surface area contributed by atoms with Crippen molar-refractivity contribution in [2.45, 2.75) is 20.4 Å². The Bertz CT molecular complexity index is 1470. The first-order valence-electron chi connectivity index (χ1n) is 9.74. The number of methoxy groups -OCH3 is 1. The molecule has 164 valence electrons. The van der Waals surface area contributed by atoms with Gasteiger partial charge in [-0.3, -0.25) is 14.2 Å². The largest absolute Gasteiger partial charge is 0.495 e. The monoisotopic (exact) mass is 469 g/mol. The summed E-state index contributed by atoms with van der Waals surface area (Å²) in [5, 5.41) is 4.82. The fourth-order valence-corrected chi connectivity index (χ4v) is 4.50. The number of nitrogens with one attached hydrogen (secondary N) is 1. The van der Waals surface area contributed by atoms with Gasteiger partial charge in [-0.15, -0.1) is 11.3 Å². The Morgan fingerprint density at radius 3 is 2.56 bits per heavy atom. The molecule has 0 fully saturated rings. The molecule has 0 saturated heterocycles. The van der Waals surface area contributed by atoms with Gasteiger partial charge in [-0.05, 0) is 66.8 Å². The third-order valence-corrected chi connectivity index (χ3v) is 6.43. The van der Waals surface area contributed by atoms with E-state index >= 15 is 0 Å². The van der Waals surface area contributed by atoms with Gasteiger partial charge in [0.1, 0.15) is 17.0 Å². The maximum atomic E-state index is 13.3. The van der Waals surface area contributed by atoms with E-state index in [1.165, 1.54) is 23.0 Å². The quantitative estimate of drug-likeness (QED) is 0.476. The first-order valence-corrected chi connectivity index (χ1v) is 11.0. The first kappa shape index (κ1) is 21.9. The summed E-state index contributed by atoms with van der Waals surface area (Å²) >= 11 is 7.36. The molecule has 0 aliphatic carbocycles. The number of thiophene rings is 1. The van der Waals surface area contributed by atoms with Crippen molar-refractivity contribution in [3.63, 3.8) is 0 Å². The van der Waals surface area contributed by atoms with Crippen molar-refractivity contribution < 1.29 is 9.53 Å². The van der Waals surface area contributed by atoms with Crippen LogP contribution in [0.2, 0.25) is 5.02 Å². The smallest absolute Gasteiger partial charge is 0.336 e. The van der Waals surface area contributed by atoms with Gasteiger partial charge in [-0.1, -0.05) is 17.7 Å². The van der Waals surface area contributed by atoms with Gasteiger partial charge >= 0.3 is 5.69 Å². The predicted molar refractivity (Wildman–Crippen MR) is 128 cm³/mol. The number of anilines is 1. The van der Waals surface area contributed by atoms with Crippen LogP contribution < -0.4 is 21.3 Å². The molecule has 9 heteroatoms. The number of aromatic nitrogens is 2. The van der Waals surface area contributed by atoms with Crippen LogP contribution in [-0.4, -0.2) is 22.2 Å². The number of amides is 1. The van der Waals surface area contributed by atoms with Crippen LogP contribution in [0.5, 0.6) is 5.75 Å². The van der Waals surface area contributed by atoms with Crippen LogP contribution in [0.4, 0.5) is 5.69 Å². The number of hydrogen-bond donors (Lipinski definition) is 1. The summed E-state index contributed by atoms with van der Waals surface area (Å²) in [4.78, 5) is 39.2. The maximum absolute atomic E-state index is 13.3. The fourth-order valence-electron chi connectivity index (χ4n) is 3.42. The van der Waals surface area contributed by atoms with E-state index in [0.717, 1.165) is 15.7 Å². The average molecular weight is 470 g/mol. The summed E-state index contributed by atoms with van der Waals surface area (Å²) in [6.45, 7) is 3.61. The molecule has 1 N–H and O–H groups in total. The molecular weight excluding hydrogens is 450 g/mol. The zero-order valence-corrected chi connectivity index (χ0v) is 19.2. The second-order valence-corrected chi connectivity index (χ2v) is 8.63. The van der Waals surface area contributed by atoms with E-state index in [4.69, 9.17) is 16.3 Å². The van der Waals surface area contributed by atoms with E-state index in [1.54, 1.807) is 41.8 Å². The van der Waals surface area contributed by atoms with Gasteiger partial charge in [0.05, 0.1) is 23.3 Å². The highest BCUT2D eigenvalue weighted by Crippen LogP contribution is 2.27. The van der Waals surface area contributed by atoms with Crippen LogP contribution in [0.1, 0.15) is 11.1 Å². The number of carbonyl (C=O) groups is 1. The molecule has 0 atom stereocenters. The van der Waals surface area contributed by atoms with E-state index in [9.17, 15) is 14.4 Å². The second-order valence-electron chi connectivity index (χ2n) is 7.31. The van der Waals surface area contributed by atoms with Crippen molar-refractivity contribution in [2.24, 2.45) is 0 Å². The van der Waals surface area contributed by atoms with Gasteiger partial charge in [-0.2, -0.15) is 0 Å². The van der Waals surface area contributed by atoms with Crippen LogP contribution in [0.3, 0.4) is 0 Å². The number of ether oxygens (including phenoxy) is 1. The van der Waals surface area contributed by atoms with E-state index in [0.29, 0.717) is 32.4 Å². The van der Waals surface area contributed by atoms with Crippen LogP contribution in [0.15, 0.2) is 57.4 Å². The fraction of sp³-hybridized carbons (Fsp3) is 0.174. The molecule has 7 nitrogen and oxygen atoms in total. The molecule has 0 radical (unpaired) electrons. The molecule has 0 aliphatic heterocycles. The second kappa shape index (κ2) is 8.64. The molecule has 0 saturated carbocycles. The third kappa shape index (κ3) is 3.94. The summed E-state index contributed by atoms with van der Waals surface area (Å²) in [6.07, 6.45) is 0. The standard InChI is InChI=1S/C23H20ClN3O4S/c1-13-4-6-16(10-14(13)2)27-22(29)21-18(8-9-32-21)26(23(27)30)12-20(28)25-15-5-7-19(31-3)17(24)11-15/h4-11H,12H2,1-3H3,(H,25,28). The van der Waals surface area contributed by atoms with E-state index in [2.05, 4.69) is 5.32 Å². The summed E-state index contributed by atoms with van der Waals surface area (Å²) in [5.41, 5.74) is 2.40. The number of carbonyl (C=O) groups excluding carboxylic acids is 1. The maximum Gasteiger partial charge on any atom is 0.336 e. The number of nitrogens with zero attached hydrogens (tertiary/aromatic N) is 2. The molecule has 0 spiro atoms. The number of rotatable bonds is 5. The van der Waals surface area contributed by atoms with Crippen molar-refractivity contribution >= 4 is 44.7 Å². The Morgan fingerprint density at radius 2 is 1.88 bits per heavy atom. The minimum atomic E-state index is -0.577. The topological polar surface area (TPSA) is 82.3 Å². The molecule has 4 aromatic rings. The zero-order chi connectivity index (χ0) is 23.0. The number of halogens is 1. The minimum Gasteiger partial charge on any atom is -0.495 e. The van der Waals surface area contributed by atoms with Gasteiger partial charge in [0.25, 0.3) is 5.56 Å². The molecule has 2 aromatic carbocycles. The van der Waals surface area contributed by atoms with Crippen LogP contribution in [0.25, 0.3) is 15.9 Å².